The lowest BCUT2D eigenvalue weighted by molar-refractivity contribution is 0.0132. The van der Waals surface area contributed by atoms with Crippen LogP contribution in [0.2, 0.25) is 0 Å². The predicted molar refractivity (Wildman–Crippen MR) is 170 cm³/mol. The fourth-order valence-electron chi connectivity index (χ4n) is 5.09. The van der Waals surface area contributed by atoms with E-state index in [0.717, 1.165) is 22.3 Å². The minimum Gasteiger partial charge on any atom is -0.491 e. The maximum absolute atomic E-state index is 10.00. The van der Waals surface area contributed by atoms with Gasteiger partial charge in [0.25, 0.3) is 0 Å². The average Bonchev–Trinajstić information content (AvgIpc) is 2.93. The molecule has 4 rings (SSSR count). The molecule has 0 saturated heterocycles. The van der Waals surface area contributed by atoms with E-state index in [0.29, 0.717) is 50.3 Å². The summed E-state index contributed by atoms with van der Waals surface area (Å²) in [4.78, 5) is 0. The maximum Gasteiger partial charge on any atom is 0.123 e. The molecule has 0 radical (unpaired) electrons. The van der Waals surface area contributed by atoms with Gasteiger partial charge in [-0.2, -0.15) is 0 Å². The highest BCUT2D eigenvalue weighted by molar-refractivity contribution is 5.44. The van der Waals surface area contributed by atoms with Gasteiger partial charge >= 0.3 is 0 Å². The lowest BCUT2D eigenvalue weighted by atomic mass is 9.87. The summed E-state index contributed by atoms with van der Waals surface area (Å²) in [7, 11) is 0. The van der Waals surface area contributed by atoms with E-state index in [9.17, 15) is 30.6 Å². The van der Waals surface area contributed by atoms with Gasteiger partial charge in [0, 0.05) is 61.0 Å². The van der Waals surface area contributed by atoms with Crippen LogP contribution < -0.4 is 20.1 Å². The molecule has 0 aliphatic heterocycles. The number of hydrogen-bond acceptors (Lipinski definition) is 10. The second-order valence-electron chi connectivity index (χ2n) is 14.1. The Morgan fingerprint density at radius 3 is 1.30 bits per heavy atom. The fraction of sp³-hybridized carbons (Fsp3) is 0.647. The molecule has 0 heterocycles. The summed E-state index contributed by atoms with van der Waals surface area (Å²) >= 11 is 0. The van der Waals surface area contributed by atoms with Gasteiger partial charge in [-0.15, -0.1) is 0 Å². The molecule has 0 bridgehead atoms. The smallest absolute Gasteiger partial charge is 0.123 e. The Bertz CT molecular complexity index is 1090. The molecule has 44 heavy (non-hydrogen) atoms. The quantitative estimate of drug-likeness (QED) is 0.195. The predicted octanol–water partition coefficient (Wildman–Crippen LogP) is 1.27. The van der Waals surface area contributed by atoms with Gasteiger partial charge in [-0.1, -0.05) is 24.3 Å². The van der Waals surface area contributed by atoms with Crippen LogP contribution in [0.4, 0.5) is 0 Å². The van der Waals surface area contributed by atoms with Crippen molar-refractivity contribution in [2.75, 3.05) is 26.3 Å². The number of aliphatic hydroxyl groups excluding tert-OH is 6. The molecule has 2 aromatic carbocycles. The standard InChI is InChI=1S/2C17H27NO4/c2*1-17(2,3)18-9-12(19)10-22-16-6-4-5-11-7-14(20)15(21)8-13(11)16/h2*4-6,12,14-15,18-21H,7-10H2,1-3H3/t2*12?,14-,15+/m11/s1. The molecular weight excluding hydrogens is 564 g/mol. The molecule has 6 atom stereocenters. The number of β-amino-alcohol motifs (C(OH)–C–C–N with tert-alkyl or cyclic N) is 2. The van der Waals surface area contributed by atoms with E-state index in [4.69, 9.17) is 9.47 Å². The van der Waals surface area contributed by atoms with Crippen LogP contribution in [0, 0.1) is 0 Å². The molecule has 0 saturated carbocycles. The Hall–Kier alpha value is -2.28. The van der Waals surface area contributed by atoms with Crippen LogP contribution in [0.5, 0.6) is 11.5 Å². The zero-order valence-electron chi connectivity index (χ0n) is 27.1. The zero-order valence-corrected chi connectivity index (χ0v) is 27.1. The average molecular weight is 619 g/mol. The van der Waals surface area contributed by atoms with Crippen LogP contribution in [0.1, 0.15) is 63.8 Å². The van der Waals surface area contributed by atoms with Crippen LogP contribution in [-0.2, 0) is 25.7 Å². The molecule has 0 aromatic heterocycles. The number of fused-ring (bicyclic) bond motifs is 2. The zero-order chi connectivity index (χ0) is 32.7. The largest absolute Gasteiger partial charge is 0.491 e. The molecule has 10 heteroatoms. The minimum absolute atomic E-state index is 0.0485. The summed E-state index contributed by atoms with van der Waals surface area (Å²) < 4.78 is 11.5. The topological polar surface area (TPSA) is 164 Å². The van der Waals surface area contributed by atoms with Gasteiger partial charge in [0.1, 0.15) is 36.9 Å². The third kappa shape index (κ3) is 11.6. The van der Waals surface area contributed by atoms with Crippen molar-refractivity contribution in [1.29, 1.82) is 0 Å². The number of rotatable bonds is 10. The lowest BCUT2D eigenvalue weighted by Crippen LogP contribution is -2.42. The van der Waals surface area contributed by atoms with Gasteiger partial charge < -0.3 is 50.7 Å². The van der Waals surface area contributed by atoms with Crippen LogP contribution >= 0.6 is 0 Å². The molecule has 2 unspecified atom stereocenters. The maximum atomic E-state index is 10.00. The normalized spacial score (nSPS) is 23.0. The highest BCUT2D eigenvalue weighted by Gasteiger charge is 2.28. The van der Waals surface area contributed by atoms with Gasteiger partial charge in [0.15, 0.2) is 0 Å². The molecule has 10 nitrogen and oxygen atoms in total. The number of hydrogen-bond donors (Lipinski definition) is 8. The molecule has 2 aliphatic rings. The van der Waals surface area contributed by atoms with Crippen molar-refractivity contribution in [1.82, 2.24) is 10.6 Å². The van der Waals surface area contributed by atoms with Crippen molar-refractivity contribution in [3.8, 4) is 11.5 Å². The lowest BCUT2D eigenvalue weighted by Gasteiger charge is -2.28. The first-order valence-electron chi connectivity index (χ1n) is 15.6. The number of aliphatic hydroxyl groups is 6. The molecule has 0 fully saturated rings. The molecule has 0 amide bonds. The summed E-state index contributed by atoms with van der Waals surface area (Å²) in [6.07, 6.45) is -2.54. The van der Waals surface area contributed by atoms with Gasteiger partial charge in [-0.25, -0.2) is 0 Å². The molecule has 2 aromatic rings. The highest BCUT2D eigenvalue weighted by Crippen LogP contribution is 2.31. The van der Waals surface area contributed by atoms with Gasteiger partial charge in [-0.3, -0.25) is 0 Å². The first-order chi connectivity index (χ1) is 20.5. The van der Waals surface area contributed by atoms with E-state index in [1.807, 2.05) is 77.9 Å². The van der Waals surface area contributed by atoms with E-state index < -0.39 is 36.6 Å². The van der Waals surface area contributed by atoms with Crippen LogP contribution in [0.3, 0.4) is 0 Å². The first kappa shape index (κ1) is 36.2. The third-order valence-corrected chi connectivity index (χ3v) is 7.63. The Kier molecular flexibility index (Phi) is 13.0. The first-order valence-corrected chi connectivity index (χ1v) is 15.6. The number of benzene rings is 2. The molecule has 248 valence electrons. The fourth-order valence-corrected chi connectivity index (χ4v) is 5.09. The van der Waals surface area contributed by atoms with Crippen molar-refractivity contribution < 1.29 is 40.1 Å². The Balaban J connectivity index is 0.000000240. The highest BCUT2D eigenvalue weighted by atomic mass is 16.5. The summed E-state index contributed by atoms with van der Waals surface area (Å²) in [5.41, 5.74) is 3.75. The monoisotopic (exact) mass is 618 g/mol. The molecule has 2 aliphatic carbocycles. The second-order valence-corrected chi connectivity index (χ2v) is 14.1. The Morgan fingerprint density at radius 1 is 0.614 bits per heavy atom. The molecule has 8 N–H and O–H groups in total. The SMILES string of the molecule is CC(C)(C)NCC(O)COc1cccc2c1C[C@H](O)[C@H](O)C2.CC(C)(C)NCC(O)COc1cccc2c1C[C@H](O)[C@H](O)C2. The van der Waals surface area contributed by atoms with Crippen LogP contribution in [0.25, 0.3) is 0 Å². The number of ether oxygens (including phenoxy) is 2. The van der Waals surface area contributed by atoms with Crippen molar-refractivity contribution >= 4 is 0 Å². The summed E-state index contributed by atoms with van der Waals surface area (Å²) in [5, 5.41) is 65.6. The van der Waals surface area contributed by atoms with Crippen LogP contribution in [-0.4, -0.2) is 105 Å². The van der Waals surface area contributed by atoms with E-state index in [1.54, 1.807) is 0 Å². The molecular formula is C34H54N2O8. The summed E-state index contributed by atoms with van der Waals surface area (Å²) in [6.45, 7) is 13.6. The minimum atomic E-state index is -0.760. The summed E-state index contributed by atoms with van der Waals surface area (Å²) in [6, 6.07) is 11.3. The van der Waals surface area contributed by atoms with Gasteiger partial charge in [-0.05, 0) is 64.8 Å². The Morgan fingerprint density at radius 2 is 0.955 bits per heavy atom. The van der Waals surface area contributed by atoms with Crippen LogP contribution in [0.15, 0.2) is 36.4 Å². The van der Waals surface area contributed by atoms with E-state index in [2.05, 4.69) is 10.6 Å². The van der Waals surface area contributed by atoms with Crippen molar-refractivity contribution in [3.05, 3.63) is 58.7 Å². The molecule has 0 spiro atoms. The number of nitrogens with one attached hydrogen (secondary N) is 2. The Labute approximate surface area is 262 Å². The van der Waals surface area contributed by atoms with E-state index in [-0.39, 0.29) is 24.3 Å². The van der Waals surface area contributed by atoms with E-state index >= 15 is 0 Å². The van der Waals surface area contributed by atoms with Gasteiger partial charge in [0.05, 0.1) is 24.4 Å². The van der Waals surface area contributed by atoms with E-state index in [1.165, 1.54) is 0 Å². The third-order valence-electron chi connectivity index (χ3n) is 7.63. The van der Waals surface area contributed by atoms with Crippen molar-refractivity contribution in [2.45, 2.75) is 115 Å². The summed E-state index contributed by atoms with van der Waals surface area (Å²) in [5.74, 6) is 1.36. The second kappa shape index (κ2) is 15.8. The van der Waals surface area contributed by atoms with Gasteiger partial charge in [0.2, 0.25) is 0 Å². The van der Waals surface area contributed by atoms with Crippen molar-refractivity contribution in [3.63, 3.8) is 0 Å². The van der Waals surface area contributed by atoms with Crippen molar-refractivity contribution in [2.24, 2.45) is 0 Å².